The zero-order valence-corrected chi connectivity index (χ0v) is 17.4. The van der Waals surface area contributed by atoms with E-state index in [4.69, 9.17) is 0 Å². The van der Waals surface area contributed by atoms with Gasteiger partial charge in [0.15, 0.2) is 5.82 Å². The lowest BCUT2D eigenvalue weighted by Crippen LogP contribution is -2.48. The van der Waals surface area contributed by atoms with Crippen molar-refractivity contribution in [3.05, 3.63) is 71.6 Å². The van der Waals surface area contributed by atoms with E-state index in [2.05, 4.69) is 25.3 Å². The molecule has 8 heteroatoms. The second-order valence-electron chi connectivity index (χ2n) is 8.34. The number of benzene rings is 2. The summed E-state index contributed by atoms with van der Waals surface area (Å²) in [5.74, 6) is 0.238. The fourth-order valence-corrected chi connectivity index (χ4v) is 4.88. The van der Waals surface area contributed by atoms with Crippen molar-refractivity contribution < 1.29 is 8.78 Å². The van der Waals surface area contributed by atoms with E-state index in [-0.39, 0.29) is 23.7 Å². The molecule has 6 nitrogen and oxygen atoms in total. The minimum absolute atomic E-state index is 0.235. The van der Waals surface area contributed by atoms with Gasteiger partial charge in [-0.05, 0) is 53.6 Å². The molecule has 2 heterocycles. The summed E-state index contributed by atoms with van der Waals surface area (Å²) in [5.41, 5.74) is 1.60. The summed E-state index contributed by atoms with van der Waals surface area (Å²) in [4.78, 5) is 4.49. The minimum atomic E-state index is -0.341. The van der Waals surface area contributed by atoms with E-state index in [9.17, 15) is 8.78 Å². The van der Waals surface area contributed by atoms with Crippen LogP contribution < -0.4 is 4.90 Å². The molecule has 2 fully saturated rings. The van der Waals surface area contributed by atoms with Gasteiger partial charge in [-0.1, -0.05) is 31.0 Å². The maximum absolute atomic E-state index is 14.9. The second-order valence-corrected chi connectivity index (χ2v) is 8.34. The summed E-state index contributed by atoms with van der Waals surface area (Å²) < 4.78 is 30.1. The molecule has 1 saturated carbocycles. The maximum atomic E-state index is 14.9. The molecule has 1 saturated heterocycles. The summed E-state index contributed by atoms with van der Waals surface area (Å²) in [5, 5.41) is 12.7. The molecule has 1 unspecified atom stereocenters. The van der Waals surface area contributed by atoms with Crippen molar-refractivity contribution in [1.82, 2.24) is 25.1 Å². The van der Waals surface area contributed by atoms with Crippen LogP contribution in [0.15, 0.2) is 48.5 Å². The Balaban J connectivity index is 1.43. The fourth-order valence-electron chi connectivity index (χ4n) is 4.88. The van der Waals surface area contributed by atoms with Gasteiger partial charge in [0, 0.05) is 37.4 Å². The zero-order chi connectivity index (χ0) is 21.2. The number of hydrogen-bond donors (Lipinski definition) is 0. The molecular formula is C23H26F2N6. The Hall–Kier alpha value is -2.87. The van der Waals surface area contributed by atoms with Crippen LogP contribution in [-0.4, -0.2) is 51.3 Å². The van der Waals surface area contributed by atoms with Crippen molar-refractivity contribution in [2.75, 3.05) is 31.1 Å². The average molecular weight is 424 g/mol. The monoisotopic (exact) mass is 424 g/mol. The van der Waals surface area contributed by atoms with Crippen LogP contribution in [0, 0.1) is 11.6 Å². The molecule has 1 aliphatic carbocycles. The Bertz CT molecular complexity index is 1010. The van der Waals surface area contributed by atoms with Crippen LogP contribution in [-0.2, 0) is 0 Å². The third-order valence-electron chi connectivity index (χ3n) is 6.50. The summed E-state index contributed by atoms with van der Waals surface area (Å²) >= 11 is 0. The molecule has 5 rings (SSSR count). The van der Waals surface area contributed by atoms with Crippen molar-refractivity contribution in [3.8, 4) is 0 Å². The van der Waals surface area contributed by atoms with Crippen LogP contribution in [0.25, 0.3) is 0 Å². The summed E-state index contributed by atoms with van der Waals surface area (Å²) in [6.07, 6.45) is 4.45. The van der Waals surface area contributed by atoms with E-state index in [1.807, 2.05) is 16.8 Å². The number of anilines is 1. The van der Waals surface area contributed by atoms with Gasteiger partial charge in [-0.25, -0.2) is 13.5 Å². The molecule has 2 aliphatic rings. The first kappa shape index (κ1) is 20.1. The van der Waals surface area contributed by atoms with Crippen LogP contribution in [0.2, 0.25) is 0 Å². The van der Waals surface area contributed by atoms with E-state index in [0.717, 1.165) is 44.7 Å². The number of halogens is 2. The topological polar surface area (TPSA) is 50.1 Å². The molecule has 0 spiro atoms. The first-order valence-corrected chi connectivity index (χ1v) is 11.0. The van der Waals surface area contributed by atoms with Gasteiger partial charge in [0.25, 0.3) is 0 Å². The Kier molecular flexibility index (Phi) is 5.63. The number of aromatic nitrogens is 4. The average Bonchev–Trinajstić information content (AvgIpc) is 3.48. The normalized spacial score (nSPS) is 19.1. The van der Waals surface area contributed by atoms with Gasteiger partial charge >= 0.3 is 0 Å². The molecule has 3 aromatic rings. The van der Waals surface area contributed by atoms with Gasteiger partial charge in [0.1, 0.15) is 17.7 Å². The predicted molar refractivity (Wildman–Crippen MR) is 114 cm³/mol. The molecule has 2 aromatic carbocycles. The number of piperazine rings is 1. The van der Waals surface area contributed by atoms with Crippen molar-refractivity contribution in [2.24, 2.45) is 0 Å². The summed E-state index contributed by atoms with van der Waals surface area (Å²) in [6.45, 7) is 2.99. The lowest BCUT2D eigenvalue weighted by Gasteiger charge is -2.40. The molecule has 0 radical (unpaired) electrons. The lowest BCUT2D eigenvalue weighted by molar-refractivity contribution is 0.194. The fraction of sp³-hybridized carbons (Fsp3) is 0.435. The predicted octanol–water partition coefficient (Wildman–Crippen LogP) is 3.98. The highest BCUT2D eigenvalue weighted by atomic mass is 19.1. The highest BCUT2D eigenvalue weighted by molar-refractivity contribution is 5.46. The number of rotatable bonds is 5. The van der Waals surface area contributed by atoms with Crippen LogP contribution in [0.3, 0.4) is 0 Å². The van der Waals surface area contributed by atoms with E-state index in [1.165, 1.54) is 31.0 Å². The van der Waals surface area contributed by atoms with Gasteiger partial charge in [-0.2, -0.15) is 0 Å². The third-order valence-corrected chi connectivity index (χ3v) is 6.50. The van der Waals surface area contributed by atoms with Crippen molar-refractivity contribution in [3.63, 3.8) is 0 Å². The summed E-state index contributed by atoms with van der Waals surface area (Å²) in [6, 6.07) is 13.4. The molecule has 1 aromatic heterocycles. The Labute approximate surface area is 180 Å². The molecule has 31 heavy (non-hydrogen) atoms. The SMILES string of the molecule is Fc1ccc(N2CCN(C(c3ccccc3F)c3nnnn3C3CCCC3)CC2)cc1. The highest BCUT2D eigenvalue weighted by Gasteiger charge is 2.34. The van der Waals surface area contributed by atoms with E-state index in [1.54, 1.807) is 18.2 Å². The zero-order valence-electron chi connectivity index (χ0n) is 17.4. The Morgan fingerprint density at radius 2 is 1.58 bits per heavy atom. The Morgan fingerprint density at radius 3 is 2.29 bits per heavy atom. The van der Waals surface area contributed by atoms with Crippen LogP contribution in [0.4, 0.5) is 14.5 Å². The van der Waals surface area contributed by atoms with Gasteiger partial charge < -0.3 is 4.90 Å². The molecular weight excluding hydrogens is 398 g/mol. The van der Waals surface area contributed by atoms with Gasteiger partial charge in [0.2, 0.25) is 0 Å². The van der Waals surface area contributed by atoms with Gasteiger partial charge in [-0.15, -0.1) is 5.10 Å². The number of tetrazole rings is 1. The first-order valence-electron chi connectivity index (χ1n) is 11.0. The first-order chi connectivity index (χ1) is 15.2. The van der Waals surface area contributed by atoms with E-state index < -0.39 is 0 Å². The van der Waals surface area contributed by atoms with Crippen LogP contribution >= 0.6 is 0 Å². The Morgan fingerprint density at radius 1 is 0.871 bits per heavy atom. The molecule has 162 valence electrons. The third kappa shape index (κ3) is 4.04. The van der Waals surface area contributed by atoms with Gasteiger partial charge in [-0.3, -0.25) is 4.90 Å². The van der Waals surface area contributed by atoms with Crippen LogP contribution in [0.5, 0.6) is 0 Å². The highest BCUT2D eigenvalue weighted by Crippen LogP contribution is 2.35. The van der Waals surface area contributed by atoms with Crippen LogP contribution in [0.1, 0.15) is 49.2 Å². The summed E-state index contributed by atoms with van der Waals surface area (Å²) in [7, 11) is 0. The van der Waals surface area contributed by atoms with E-state index >= 15 is 0 Å². The molecule has 1 atom stereocenters. The number of hydrogen-bond acceptors (Lipinski definition) is 5. The van der Waals surface area contributed by atoms with Crippen molar-refractivity contribution >= 4 is 5.69 Å². The van der Waals surface area contributed by atoms with Crippen molar-refractivity contribution in [2.45, 2.75) is 37.8 Å². The second kappa shape index (κ2) is 8.70. The minimum Gasteiger partial charge on any atom is -0.369 e. The maximum Gasteiger partial charge on any atom is 0.173 e. The largest absolute Gasteiger partial charge is 0.369 e. The molecule has 1 aliphatic heterocycles. The quantitative estimate of drug-likeness (QED) is 0.620. The molecule has 0 amide bonds. The lowest BCUT2D eigenvalue weighted by atomic mass is 10.0. The molecule has 0 N–H and O–H groups in total. The number of nitrogens with zero attached hydrogens (tertiary/aromatic N) is 6. The smallest absolute Gasteiger partial charge is 0.173 e. The van der Waals surface area contributed by atoms with E-state index in [0.29, 0.717) is 11.4 Å². The standard InChI is InChI=1S/C23H26F2N6/c24-17-9-11-18(12-10-17)29-13-15-30(16-14-29)22(20-7-3-4-8-21(20)25)23-26-27-28-31(23)19-5-1-2-6-19/h3-4,7-12,19,22H,1-2,5-6,13-16H2. The molecule has 0 bridgehead atoms. The van der Waals surface area contributed by atoms with Gasteiger partial charge in [0.05, 0.1) is 6.04 Å². The van der Waals surface area contributed by atoms with Crippen molar-refractivity contribution in [1.29, 1.82) is 0 Å².